The maximum absolute atomic E-state index is 13.1. The lowest BCUT2D eigenvalue weighted by Crippen LogP contribution is -2.40. The number of phenolic OH excluding ortho intramolecular Hbond substituents is 1. The first-order valence-corrected chi connectivity index (χ1v) is 12.1. The van der Waals surface area contributed by atoms with Gasteiger partial charge in [-0.15, -0.1) is 0 Å². The third-order valence-corrected chi connectivity index (χ3v) is 6.15. The average molecular weight is 496 g/mol. The van der Waals surface area contributed by atoms with Crippen LogP contribution in [0.5, 0.6) is 11.5 Å². The minimum atomic E-state index is -2.84. The number of aliphatic hydroxyl groups excluding tert-OH is 1. The molecule has 33 heavy (non-hydrogen) atoms. The molecule has 0 saturated carbocycles. The summed E-state index contributed by atoms with van der Waals surface area (Å²) in [4.78, 5) is 33.7. The van der Waals surface area contributed by atoms with Gasteiger partial charge in [-0.3, -0.25) is 4.79 Å². The fraction of sp³-hybridized carbons (Fsp3) is 0.348. The van der Waals surface area contributed by atoms with Crippen LogP contribution in [0.3, 0.4) is 0 Å². The van der Waals surface area contributed by atoms with Crippen LogP contribution >= 0.6 is 20.2 Å². The van der Waals surface area contributed by atoms with E-state index < -0.39 is 26.1 Å². The summed E-state index contributed by atoms with van der Waals surface area (Å²) in [6.07, 6.45) is -0.283. The van der Waals surface area contributed by atoms with E-state index in [0.717, 1.165) is 6.07 Å². The van der Waals surface area contributed by atoms with Gasteiger partial charge in [0.1, 0.15) is 28.2 Å². The number of benzene rings is 2. The van der Waals surface area contributed by atoms with Crippen molar-refractivity contribution in [3.05, 3.63) is 57.2 Å². The highest BCUT2D eigenvalue weighted by Gasteiger charge is 2.33. The summed E-state index contributed by atoms with van der Waals surface area (Å²) in [7, 11) is -0.955. The lowest BCUT2D eigenvalue weighted by molar-refractivity contribution is 0.0631. The third-order valence-electron chi connectivity index (χ3n) is 5.46. The highest BCUT2D eigenvalue weighted by Crippen LogP contribution is 2.45. The number of aromatic hydroxyl groups is 1. The highest BCUT2D eigenvalue weighted by atomic mass is 35.5. The first kappa shape index (κ1) is 25.4. The van der Waals surface area contributed by atoms with Crippen molar-refractivity contribution in [1.82, 2.24) is 4.90 Å². The van der Waals surface area contributed by atoms with Crippen LogP contribution < -0.4 is 9.95 Å². The minimum absolute atomic E-state index is 0.0165. The summed E-state index contributed by atoms with van der Waals surface area (Å²) < 4.78 is 11.1. The number of rotatable bonds is 4. The molecule has 8 nitrogen and oxygen atoms in total. The van der Waals surface area contributed by atoms with Crippen LogP contribution in [0.4, 0.5) is 0 Å². The van der Waals surface area contributed by atoms with Crippen LogP contribution in [-0.2, 0) is 0 Å². The van der Waals surface area contributed by atoms with Crippen LogP contribution in [0.2, 0.25) is 5.02 Å². The number of hydrogen-bond acceptors (Lipinski definition) is 8. The van der Waals surface area contributed by atoms with Crippen LogP contribution in [0.25, 0.3) is 22.3 Å². The standard InChI is InChI=1S/C21H21ClNO7P.C2H6/c1-23-7-6-12(16(26)10-23)19-14(24)9-18(30-31(27)28)20-15(25)8-17(29-21(19)20)11-4-2-3-5-13(11)22;1-2/h2-5,8-9,12,16,24,26-28H,6-7,10H2,1H3;1-2H3. The maximum atomic E-state index is 13.1. The molecule has 4 rings (SSSR count). The van der Waals surface area contributed by atoms with Crippen molar-refractivity contribution >= 4 is 31.2 Å². The van der Waals surface area contributed by atoms with E-state index >= 15 is 0 Å². The number of likely N-dealkylation sites (tertiary alicyclic amines) is 1. The Morgan fingerprint density at radius 2 is 1.91 bits per heavy atom. The van der Waals surface area contributed by atoms with Gasteiger partial charge in [-0.05, 0) is 32.1 Å². The van der Waals surface area contributed by atoms with Gasteiger partial charge in [0.15, 0.2) is 5.43 Å². The van der Waals surface area contributed by atoms with Gasteiger partial charge >= 0.3 is 8.60 Å². The van der Waals surface area contributed by atoms with Gasteiger partial charge in [0.05, 0.1) is 11.1 Å². The first-order valence-electron chi connectivity index (χ1n) is 10.6. The van der Waals surface area contributed by atoms with Crippen LogP contribution in [0.15, 0.2) is 45.6 Å². The first-order chi connectivity index (χ1) is 15.8. The predicted molar refractivity (Wildman–Crippen MR) is 129 cm³/mol. The quantitative estimate of drug-likeness (QED) is 0.397. The van der Waals surface area contributed by atoms with E-state index in [1.165, 1.54) is 6.07 Å². The molecule has 2 aromatic carbocycles. The normalized spacial score (nSPS) is 18.8. The van der Waals surface area contributed by atoms with Gasteiger partial charge in [-0.25, -0.2) is 0 Å². The molecule has 4 N–H and O–H groups in total. The SMILES string of the molecule is CC.CN1CCC(c2c(O)cc(OP(O)O)c3c(=O)cc(-c4ccccc4Cl)oc23)C(O)C1. The zero-order valence-electron chi connectivity index (χ0n) is 18.5. The number of halogens is 1. The van der Waals surface area contributed by atoms with Crippen molar-refractivity contribution in [1.29, 1.82) is 0 Å². The molecule has 0 radical (unpaired) electrons. The van der Waals surface area contributed by atoms with Crippen molar-refractivity contribution in [3.63, 3.8) is 0 Å². The van der Waals surface area contributed by atoms with Crippen molar-refractivity contribution in [2.75, 3.05) is 20.1 Å². The molecule has 3 aromatic rings. The number of phenols is 1. The van der Waals surface area contributed by atoms with Crippen LogP contribution in [0.1, 0.15) is 31.7 Å². The lowest BCUT2D eigenvalue weighted by atomic mass is 9.85. The third kappa shape index (κ3) is 5.32. The Morgan fingerprint density at radius 1 is 1.21 bits per heavy atom. The van der Waals surface area contributed by atoms with E-state index in [1.807, 2.05) is 25.8 Å². The van der Waals surface area contributed by atoms with Crippen molar-refractivity contribution < 1.29 is 28.9 Å². The molecule has 178 valence electrons. The molecule has 2 heterocycles. The molecule has 0 aliphatic carbocycles. The Kier molecular flexibility index (Phi) is 8.34. The van der Waals surface area contributed by atoms with E-state index in [9.17, 15) is 24.8 Å². The molecule has 10 heteroatoms. The van der Waals surface area contributed by atoms with E-state index in [0.29, 0.717) is 30.1 Å². The summed E-state index contributed by atoms with van der Waals surface area (Å²) in [6, 6.07) is 9.22. The number of piperidine rings is 1. The van der Waals surface area contributed by atoms with Crippen molar-refractivity contribution in [2.45, 2.75) is 32.3 Å². The molecule has 1 fully saturated rings. The summed E-state index contributed by atoms with van der Waals surface area (Å²) in [5.41, 5.74) is 0.263. The van der Waals surface area contributed by atoms with Gasteiger partial charge in [0.25, 0.3) is 0 Å². The number of fused-ring (bicyclic) bond motifs is 1. The van der Waals surface area contributed by atoms with E-state index in [-0.39, 0.29) is 33.8 Å². The second-order valence-corrected chi connectivity index (χ2v) is 8.63. The number of β-amino-alcohol motifs (C(OH)–C–C–N with tert-alkyl or cyclic N) is 1. The Bertz CT molecular complexity index is 1180. The molecule has 0 bridgehead atoms. The predicted octanol–water partition coefficient (Wildman–Crippen LogP) is 4.22. The van der Waals surface area contributed by atoms with Crippen LogP contribution in [-0.4, -0.2) is 51.1 Å². The maximum Gasteiger partial charge on any atom is 0.391 e. The topological polar surface area (TPSA) is 124 Å². The largest absolute Gasteiger partial charge is 0.507 e. The molecule has 0 amide bonds. The molecular formula is C23H27ClNO7P. The molecule has 2 unspecified atom stereocenters. The second kappa shape index (κ2) is 10.8. The zero-order chi connectivity index (χ0) is 24.3. The average Bonchev–Trinajstić information content (AvgIpc) is 2.76. The summed E-state index contributed by atoms with van der Waals surface area (Å²) in [6.45, 7) is 5.06. The number of likely N-dealkylation sites (N-methyl/N-ethyl adjacent to an activating group) is 1. The smallest absolute Gasteiger partial charge is 0.391 e. The van der Waals surface area contributed by atoms with Gasteiger partial charge in [0, 0.05) is 35.7 Å². The molecule has 1 aromatic heterocycles. The van der Waals surface area contributed by atoms with Gasteiger partial charge in [-0.2, -0.15) is 0 Å². The van der Waals surface area contributed by atoms with Crippen molar-refractivity contribution in [2.24, 2.45) is 0 Å². The van der Waals surface area contributed by atoms with Gasteiger partial charge in [0.2, 0.25) is 0 Å². The van der Waals surface area contributed by atoms with Gasteiger partial charge in [-0.1, -0.05) is 37.6 Å². The van der Waals surface area contributed by atoms with Crippen LogP contribution in [0, 0.1) is 0 Å². The summed E-state index contributed by atoms with van der Waals surface area (Å²) in [5, 5.41) is 21.8. The Labute approximate surface area is 197 Å². The molecule has 1 aliphatic heterocycles. The lowest BCUT2D eigenvalue weighted by Gasteiger charge is -2.34. The minimum Gasteiger partial charge on any atom is -0.507 e. The van der Waals surface area contributed by atoms with E-state index in [4.69, 9.17) is 20.5 Å². The molecular weight excluding hydrogens is 469 g/mol. The zero-order valence-corrected chi connectivity index (χ0v) is 20.2. The monoisotopic (exact) mass is 495 g/mol. The summed E-state index contributed by atoms with van der Waals surface area (Å²) >= 11 is 6.28. The molecule has 1 saturated heterocycles. The van der Waals surface area contributed by atoms with E-state index in [2.05, 4.69) is 0 Å². The second-order valence-electron chi connectivity index (χ2n) is 7.54. The fourth-order valence-corrected chi connectivity index (χ4v) is 4.59. The molecule has 2 atom stereocenters. The number of hydrogen-bond donors (Lipinski definition) is 4. The van der Waals surface area contributed by atoms with E-state index in [1.54, 1.807) is 24.3 Å². The fourth-order valence-electron chi connectivity index (χ4n) is 4.05. The summed E-state index contributed by atoms with van der Waals surface area (Å²) in [5.74, 6) is -0.803. The highest BCUT2D eigenvalue weighted by molar-refractivity contribution is 7.39. The Morgan fingerprint density at radius 3 is 2.55 bits per heavy atom. The Balaban J connectivity index is 0.00000149. The molecule has 1 aliphatic rings. The number of nitrogens with zero attached hydrogens (tertiary/aromatic N) is 1. The molecule has 0 spiro atoms. The Hall–Kier alpha value is -2.19. The number of aliphatic hydroxyl groups is 1. The van der Waals surface area contributed by atoms with Crippen molar-refractivity contribution in [3.8, 4) is 22.8 Å². The van der Waals surface area contributed by atoms with Gasteiger partial charge < -0.3 is 33.8 Å².